The molecule has 1 aromatic rings. The van der Waals surface area contributed by atoms with Crippen molar-refractivity contribution in [3.63, 3.8) is 0 Å². The average Bonchev–Trinajstić information content (AvgIpc) is 3.18. The zero-order valence-corrected chi connectivity index (χ0v) is 13.7. The molecule has 0 unspecified atom stereocenters. The van der Waals surface area contributed by atoms with Gasteiger partial charge in [0.1, 0.15) is 0 Å². The minimum atomic E-state index is -3.41. The number of likely N-dealkylation sites (N-methyl/N-ethyl adjacent to an activating group) is 1. The molecule has 120 valence electrons. The Balaban J connectivity index is 1.84. The van der Waals surface area contributed by atoms with Crippen molar-refractivity contribution in [1.29, 1.82) is 0 Å². The van der Waals surface area contributed by atoms with Gasteiger partial charge in [-0.3, -0.25) is 4.90 Å². The Morgan fingerprint density at radius 1 is 1.38 bits per heavy atom. The van der Waals surface area contributed by atoms with Crippen LogP contribution in [0.5, 0.6) is 0 Å². The molecule has 21 heavy (non-hydrogen) atoms. The summed E-state index contributed by atoms with van der Waals surface area (Å²) in [6, 6.07) is 2.35. The molecule has 7 heteroatoms. The van der Waals surface area contributed by atoms with E-state index in [1.165, 1.54) is 12.8 Å². The van der Waals surface area contributed by atoms with Gasteiger partial charge in [-0.2, -0.15) is 0 Å². The van der Waals surface area contributed by atoms with Crippen LogP contribution in [0, 0.1) is 0 Å². The van der Waals surface area contributed by atoms with Crippen molar-refractivity contribution < 1.29 is 8.42 Å². The molecule has 0 aromatic carbocycles. The number of sulfonamides is 1. The lowest BCUT2D eigenvalue weighted by Gasteiger charge is -2.19. The standard InChI is InChI=1S/C14H26N4O2S/c1-3-15-10-12-9-14(11-16-12)21(19,20)17-7-8-18(4-2)13-5-6-13/h9,11,13,15-17H,3-8,10H2,1-2H3. The van der Waals surface area contributed by atoms with Crippen LogP contribution < -0.4 is 10.0 Å². The van der Waals surface area contributed by atoms with E-state index in [4.69, 9.17) is 0 Å². The van der Waals surface area contributed by atoms with Crippen LogP contribution in [0.4, 0.5) is 0 Å². The topological polar surface area (TPSA) is 77.2 Å². The molecular formula is C14H26N4O2S. The molecular weight excluding hydrogens is 288 g/mol. The lowest BCUT2D eigenvalue weighted by atomic mass is 10.4. The zero-order chi connectivity index (χ0) is 15.3. The van der Waals surface area contributed by atoms with Crippen molar-refractivity contribution in [2.75, 3.05) is 26.2 Å². The molecule has 0 aliphatic heterocycles. The third-order valence-electron chi connectivity index (χ3n) is 3.75. The van der Waals surface area contributed by atoms with E-state index in [0.717, 1.165) is 25.3 Å². The van der Waals surface area contributed by atoms with Gasteiger partial charge in [-0.15, -0.1) is 0 Å². The lowest BCUT2D eigenvalue weighted by molar-refractivity contribution is 0.282. The lowest BCUT2D eigenvalue weighted by Crippen LogP contribution is -2.36. The van der Waals surface area contributed by atoms with E-state index in [2.05, 4.69) is 26.8 Å². The van der Waals surface area contributed by atoms with Crippen LogP contribution in [0.1, 0.15) is 32.4 Å². The van der Waals surface area contributed by atoms with E-state index in [1.807, 2.05) is 6.92 Å². The number of rotatable bonds is 10. The molecule has 0 radical (unpaired) electrons. The first-order chi connectivity index (χ1) is 10.1. The molecule has 0 saturated heterocycles. The van der Waals surface area contributed by atoms with Crippen LogP contribution in [0.3, 0.4) is 0 Å². The highest BCUT2D eigenvalue weighted by Gasteiger charge is 2.27. The molecule has 1 aliphatic carbocycles. The highest BCUT2D eigenvalue weighted by molar-refractivity contribution is 7.89. The third-order valence-corrected chi connectivity index (χ3v) is 5.19. The second-order valence-corrected chi connectivity index (χ2v) is 7.17. The average molecular weight is 314 g/mol. The molecule has 0 amide bonds. The highest BCUT2D eigenvalue weighted by Crippen LogP contribution is 2.25. The Morgan fingerprint density at radius 3 is 2.76 bits per heavy atom. The minimum absolute atomic E-state index is 0.310. The van der Waals surface area contributed by atoms with Gasteiger partial charge in [0.15, 0.2) is 0 Å². The van der Waals surface area contributed by atoms with Crippen LogP contribution in [-0.4, -0.2) is 50.5 Å². The van der Waals surface area contributed by atoms with E-state index < -0.39 is 10.0 Å². The van der Waals surface area contributed by atoms with Crippen LogP contribution in [-0.2, 0) is 16.6 Å². The molecule has 1 fully saturated rings. The summed E-state index contributed by atoms with van der Waals surface area (Å²) in [6.07, 6.45) is 4.03. The molecule has 3 N–H and O–H groups in total. The first-order valence-corrected chi connectivity index (χ1v) is 9.17. The molecule has 1 saturated carbocycles. The summed E-state index contributed by atoms with van der Waals surface area (Å²) >= 11 is 0. The number of nitrogens with one attached hydrogen (secondary N) is 3. The number of hydrogen-bond donors (Lipinski definition) is 3. The zero-order valence-electron chi connectivity index (χ0n) is 12.9. The number of aromatic amines is 1. The van der Waals surface area contributed by atoms with Gasteiger partial charge in [0.25, 0.3) is 0 Å². The molecule has 6 nitrogen and oxygen atoms in total. The Labute approximate surface area is 127 Å². The molecule has 0 spiro atoms. The fraction of sp³-hybridized carbons (Fsp3) is 0.714. The predicted molar refractivity (Wildman–Crippen MR) is 83.6 cm³/mol. The largest absolute Gasteiger partial charge is 0.363 e. The van der Waals surface area contributed by atoms with Crippen LogP contribution in [0.25, 0.3) is 0 Å². The number of nitrogens with zero attached hydrogens (tertiary/aromatic N) is 1. The maximum atomic E-state index is 12.2. The van der Waals surface area contributed by atoms with Gasteiger partial charge in [0.2, 0.25) is 10.0 Å². The van der Waals surface area contributed by atoms with Gasteiger partial charge >= 0.3 is 0 Å². The summed E-state index contributed by atoms with van der Waals surface area (Å²) in [6.45, 7) is 7.84. The van der Waals surface area contributed by atoms with Crippen molar-refractivity contribution in [3.05, 3.63) is 18.0 Å². The maximum absolute atomic E-state index is 12.2. The molecule has 1 heterocycles. The van der Waals surface area contributed by atoms with Gasteiger partial charge < -0.3 is 10.3 Å². The molecule has 0 atom stereocenters. The Hall–Kier alpha value is -0.890. The summed E-state index contributed by atoms with van der Waals surface area (Å²) in [5.41, 5.74) is 0.880. The number of hydrogen-bond acceptors (Lipinski definition) is 4. The number of H-pyrrole nitrogens is 1. The smallest absolute Gasteiger partial charge is 0.242 e. The minimum Gasteiger partial charge on any atom is -0.363 e. The summed E-state index contributed by atoms with van der Waals surface area (Å²) in [7, 11) is -3.41. The number of aromatic nitrogens is 1. The van der Waals surface area contributed by atoms with Crippen LogP contribution in [0.15, 0.2) is 17.2 Å². The van der Waals surface area contributed by atoms with E-state index in [1.54, 1.807) is 12.3 Å². The Bertz CT molecular complexity index is 537. The van der Waals surface area contributed by atoms with Crippen molar-refractivity contribution in [1.82, 2.24) is 19.9 Å². The maximum Gasteiger partial charge on any atom is 0.242 e. The highest BCUT2D eigenvalue weighted by atomic mass is 32.2. The fourth-order valence-electron chi connectivity index (χ4n) is 2.38. The summed E-state index contributed by atoms with van der Waals surface area (Å²) < 4.78 is 27.1. The molecule has 1 aliphatic rings. The second kappa shape index (κ2) is 7.40. The Morgan fingerprint density at radius 2 is 2.14 bits per heavy atom. The van der Waals surface area contributed by atoms with E-state index in [0.29, 0.717) is 24.0 Å². The van der Waals surface area contributed by atoms with Gasteiger partial charge in [-0.05, 0) is 32.0 Å². The Kier molecular flexibility index (Phi) is 5.80. The third kappa shape index (κ3) is 4.81. The van der Waals surface area contributed by atoms with Crippen LogP contribution >= 0.6 is 0 Å². The van der Waals surface area contributed by atoms with Gasteiger partial charge in [0, 0.05) is 37.6 Å². The second-order valence-electron chi connectivity index (χ2n) is 5.40. The summed E-state index contributed by atoms with van der Waals surface area (Å²) in [5, 5.41) is 3.16. The van der Waals surface area contributed by atoms with Crippen molar-refractivity contribution in [3.8, 4) is 0 Å². The van der Waals surface area contributed by atoms with Crippen molar-refractivity contribution in [2.45, 2.75) is 44.2 Å². The van der Waals surface area contributed by atoms with E-state index in [9.17, 15) is 8.42 Å². The van der Waals surface area contributed by atoms with Crippen LogP contribution in [0.2, 0.25) is 0 Å². The predicted octanol–water partition coefficient (Wildman–Crippen LogP) is 0.887. The SMILES string of the molecule is CCNCc1cc(S(=O)(=O)NCCN(CC)C2CC2)c[nH]1. The van der Waals surface area contributed by atoms with Gasteiger partial charge in [-0.25, -0.2) is 13.1 Å². The normalized spacial score (nSPS) is 15.8. The quantitative estimate of drug-likeness (QED) is 0.599. The van der Waals surface area contributed by atoms with Gasteiger partial charge in [0.05, 0.1) is 4.90 Å². The van der Waals surface area contributed by atoms with E-state index in [-0.39, 0.29) is 0 Å². The van der Waals surface area contributed by atoms with Crippen molar-refractivity contribution in [2.24, 2.45) is 0 Å². The monoisotopic (exact) mass is 314 g/mol. The molecule has 2 rings (SSSR count). The summed E-state index contributed by atoms with van der Waals surface area (Å²) in [4.78, 5) is 5.63. The van der Waals surface area contributed by atoms with Gasteiger partial charge in [-0.1, -0.05) is 13.8 Å². The van der Waals surface area contributed by atoms with E-state index >= 15 is 0 Å². The first kappa shape index (κ1) is 16.5. The van der Waals surface area contributed by atoms with Crippen molar-refractivity contribution >= 4 is 10.0 Å². The fourth-order valence-corrected chi connectivity index (χ4v) is 3.42. The first-order valence-electron chi connectivity index (χ1n) is 7.68. The molecule has 1 aromatic heterocycles. The molecule has 0 bridgehead atoms. The summed E-state index contributed by atoms with van der Waals surface area (Å²) in [5.74, 6) is 0.